The molecule has 0 unspecified atom stereocenters. The zero-order valence-electron chi connectivity index (χ0n) is 15.4. The molecule has 2 amide bonds. The number of benzene rings is 1. The van der Waals surface area contributed by atoms with Crippen LogP contribution in [0.3, 0.4) is 0 Å². The molecule has 3 N–H and O–H groups in total. The van der Waals surface area contributed by atoms with Crippen LogP contribution in [0.5, 0.6) is 0 Å². The highest BCUT2D eigenvalue weighted by Crippen LogP contribution is 2.26. The van der Waals surface area contributed by atoms with Crippen molar-refractivity contribution in [3.05, 3.63) is 29.8 Å². The highest BCUT2D eigenvalue weighted by molar-refractivity contribution is 6.04. The third-order valence-corrected chi connectivity index (χ3v) is 5.35. The van der Waals surface area contributed by atoms with Gasteiger partial charge in [0.25, 0.3) is 5.91 Å². The quantitative estimate of drug-likeness (QED) is 0.632. The summed E-state index contributed by atoms with van der Waals surface area (Å²) >= 11 is 0. The molecule has 26 heavy (non-hydrogen) atoms. The molecule has 6 heteroatoms. The number of quaternary nitrogens is 1. The standard InChI is InChI=1S/C20H29N3O3/c24-19(16-6-1-2-7-16)22-18-9-4-3-8-17(18)20(25)21-10-5-11-23-12-14-26-15-13-23/h3-4,8-9,16H,1-2,5-7,10-15H2,(H,21,25)(H,22,24)/p+1. The maximum absolute atomic E-state index is 12.5. The Bertz CT molecular complexity index is 608. The Hall–Kier alpha value is -1.92. The Morgan fingerprint density at radius 2 is 1.85 bits per heavy atom. The minimum Gasteiger partial charge on any atom is -0.370 e. The number of rotatable bonds is 7. The van der Waals surface area contributed by atoms with E-state index in [-0.39, 0.29) is 17.7 Å². The summed E-state index contributed by atoms with van der Waals surface area (Å²) in [4.78, 5) is 26.4. The van der Waals surface area contributed by atoms with Crippen LogP contribution in [0.15, 0.2) is 24.3 Å². The van der Waals surface area contributed by atoms with Gasteiger partial charge in [-0.3, -0.25) is 9.59 Å². The van der Waals surface area contributed by atoms with Gasteiger partial charge in [-0.15, -0.1) is 0 Å². The average molecular weight is 360 g/mol. The van der Waals surface area contributed by atoms with Gasteiger partial charge in [-0.05, 0) is 25.0 Å². The molecule has 0 radical (unpaired) electrons. The molecule has 0 spiro atoms. The lowest BCUT2D eigenvalue weighted by atomic mass is 10.1. The third kappa shape index (κ3) is 5.29. The molecule has 2 aliphatic rings. The van der Waals surface area contributed by atoms with E-state index in [2.05, 4.69) is 10.6 Å². The predicted molar refractivity (Wildman–Crippen MR) is 100 cm³/mol. The maximum atomic E-state index is 12.5. The first-order chi connectivity index (χ1) is 12.7. The lowest BCUT2D eigenvalue weighted by molar-refractivity contribution is -0.908. The summed E-state index contributed by atoms with van der Waals surface area (Å²) in [5.74, 6) is 0.00517. The van der Waals surface area contributed by atoms with E-state index in [9.17, 15) is 9.59 Å². The fourth-order valence-corrected chi connectivity index (χ4v) is 3.76. The van der Waals surface area contributed by atoms with Crippen molar-refractivity contribution >= 4 is 17.5 Å². The summed E-state index contributed by atoms with van der Waals surface area (Å²) in [6.07, 6.45) is 5.07. The number of hydrogen-bond donors (Lipinski definition) is 3. The van der Waals surface area contributed by atoms with Crippen LogP contribution < -0.4 is 15.5 Å². The number of hydrogen-bond acceptors (Lipinski definition) is 3. The molecule has 1 aliphatic carbocycles. The van der Waals surface area contributed by atoms with Crippen molar-refractivity contribution in [1.29, 1.82) is 0 Å². The number of morpholine rings is 1. The largest absolute Gasteiger partial charge is 0.370 e. The zero-order chi connectivity index (χ0) is 18.2. The molecule has 1 aromatic carbocycles. The fourth-order valence-electron chi connectivity index (χ4n) is 3.76. The first-order valence-electron chi connectivity index (χ1n) is 9.83. The van der Waals surface area contributed by atoms with E-state index >= 15 is 0 Å². The van der Waals surface area contributed by atoms with Crippen LogP contribution in [-0.4, -0.2) is 51.2 Å². The van der Waals surface area contributed by atoms with Gasteiger partial charge in [0.1, 0.15) is 13.1 Å². The molecule has 3 rings (SSSR count). The van der Waals surface area contributed by atoms with Crippen molar-refractivity contribution in [3.63, 3.8) is 0 Å². The Morgan fingerprint density at radius 3 is 2.62 bits per heavy atom. The van der Waals surface area contributed by atoms with Gasteiger partial charge in [0.05, 0.1) is 31.0 Å². The van der Waals surface area contributed by atoms with E-state index in [1.165, 1.54) is 4.90 Å². The van der Waals surface area contributed by atoms with E-state index in [0.29, 0.717) is 17.8 Å². The van der Waals surface area contributed by atoms with Crippen LogP contribution in [0.1, 0.15) is 42.5 Å². The molecular weight excluding hydrogens is 330 g/mol. The van der Waals surface area contributed by atoms with E-state index in [1.807, 2.05) is 12.1 Å². The SMILES string of the molecule is O=C(NCCC[NH+]1CCOCC1)c1ccccc1NC(=O)C1CCCC1. The second kappa shape index (κ2) is 9.69. The summed E-state index contributed by atoms with van der Waals surface area (Å²) in [7, 11) is 0. The monoisotopic (exact) mass is 360 g/mol. The molecule has 1 saturated heterocycles. The van der Waals surface area contributed by atoms with Gasteiger partial charge in [-0.2, -0.15) is 0 Å². The summed E-state index contributed by atoms with van der Waals surface area (Å²) in [6, 6.07) is 7.26. The first kappa shape index (κ1) is 18.9. The number of anilines is 1. The molecule has 6 nitrogen and oxygen atoms in total. The number of carbonyl (C=O) groups excluding carboxylic acids is 2. The minimum atomic E-state index is -0.121. The van der Waals surface area contributed by atoms with Gasteiger partial charge in [0.15, 0.2) is 0 Å². The van der Waals surface area contributed by atoms with Crippen molar-refractivity contribution in [3.8, 4) is 0 Å². The summed E-state index contributed by atoms with van der Waals surface area (Å²) < 4.78 is 5.36. The summed E-state index contributed by atoms with van der Waals surface area (Å²) in [6.45, 7) is 5.44. The highest BCUT2D eigenvalue weighted by Gasteiger charge is 2.24. The van der Waals surface area contributed by atoms with Gasteiger partial charge in [-0.1, -0.05) is 25.0 Å². The number of ether oxygens (including phenoxy) is 1. The Labute approximate surface area is 155 Å². The van der Waals surface area contributed by atoms with Crippen molar-refractivity contribution in [2.45, 2.75) is 32.1 Å². The number of nitrogens with one attached hydrogen (secondary N) is 3. The van der Waals surface area contributed by atoms with Crippen LogP contribution in [-0.2, 0) is 9.53 Å². The molecule has 1 aliphatic heterocycles. The third-order valence-electron chi connectivity index (χ3n) is 5.35. The first-order valence-corrected chi connectivity index (χ1v) is 9.83. The topological polar surface area (TPSA) is 71.9 Å². The molecule has 2 fully saturated rings. The normalized spacial score (nSPS) is 18.6. The molecule has 142 valence electrons. The Morgan fingerprint density at radius 1 is 1.12 bits per heavy atom. The lowest BCUT2D eigenvalue weighted by Crippen LogP contribution is -3.14. The molecule has 1 heterocycles. The van der Waals surface area contributed by atoms with E-state index < -0.39 is 0 Å². The fraction of sp³-hybridized carbons (Fsp3) is 0.600. The number of carbonyl (C=O) groups is 2. The summed E-state index contributed by atoms with van der Waals surface area (Å²) in [5.41, 5.74) is 1.15. The minimum absolute atomic E-state index is 0.0404. The molecule has 1 saturated carbocycles. The highest BCUT2D eigenvalue weighted by atomic mass is 16.5. The van der Waals surface area contributed by atoms with Crippen molar-refractivity contribution in [2.24, 2.45) is 5.92 Å². The van der Waals surface area contributed by atoms with Gasteiger partial charge in [0, 0.05) is 18.9 Å². The number of para-hydroxylation sites is 1. The van der Waals surface area contributed by atoms with E-state index in [0.717, 1.165) is 65.0 Å². The van der Waals surface area contributed by atoms with Gasteiger partial charge in [-0.25, -0.2) is 0 Å². The second-order valence-corrected chi connectivity index (χ2v) is 7.24. The van der Waals surface area contributed by atoms with Crippen molar-refractivity contribution in [1.82, 2.24) is 5.32 Å². The molecule has 0 atom stereocenters. The van der Waals surface area contributed by atoms with Gasteiger partial charge in [0.2, 0.25) is 5.91 Å². The van der Waals surface area contributed by atoms with Crippen molar-refractivity contribution in [2.75, 3.05) is 44.7 Å². The molecule has 0 aromatic heterocycles. The van der Waals surface area contributed by atoms with Crippen LogP contribution >= 0.6 is 0 Å². The van der Waals surface area contributed by atoms with Crippen molar-refractivity contribution < 1.29 is 19.2 Å². The number of amides is 2. The van der Waals surface area contributed by atoms with Crippen LogP contribution in [0.2, 0.25) is 0 Å². The predicted octanol–water partition coefficient (Wildman–Crippen LogP) is 0.850. The van der Waals surface area contributed by atoms with Crippen LogP contribution in [0, 0.1) is 5.92 Å². The summed E-state index contributed by atoms with van der Waals surface area (Å²) in [5, 5.41) is 5.94. The maximum Gasteiger partial charge on any atom is 0.253 e. The van der Waals surface area contributed by atoms with E-state index in [4.69, 9.17) is 4.74 Å². The molecular formula is C20H30N3O3+. The van der Waals surface area contributed by atoms with Gasteiger partial charge < -0.3 is 20.3 Å². The van der Waals surface area contributed by atoms with Crippen LogP contribution in [0.25, 0.3) is 0 Å². The van der Waals surface area contributed by atoms with Gasteiger partial charge >= 0.3 is 0 Å². The molecule has 0 bridgehead atoms. The smallest absolute Gasteiger partial charge is 0.253 e. The average Bonchev–Trinajstić information content (AvgIpc) is 3.21. The zero-order valence-corrected chi connectivity index (χ0v) is 15.4. The Balaban J connectivity index is 1.48. The van der Waals surface area contributed by atoms with E-state index in [1.54, 1.807) is 12.1 Å². The Kier molecular flexibility index (Phi) is 7.03. The molecule has 1 aromatic rings. The lowest BCUT2D eigenvalue weighted by Gasteiger charge is -2.23. The van der Waals surface area contributed by atoms with Crippen LogP contribution in [0.4, 0.5) is 5.69 Å². The second-order valence-electron chi connectivity index (χ2n) is 7.24.